The van der Waals surface area contributed by atoms with E-state index in [0.29, 0.717) is 0 Å². The van der Waals surface area contributed by atoms with Gasteiger partial charge in [-0.15, -0.1) is 0 Å². The topological polar surface area (TPSA) is 104 Å². The van der Waals surface area contributed by atoms with Gasteiger partial charge in [-0.3, -0.25) is 0 Å². The predicted octanol–water partition coefficient (Wildman–Crippen LogP) is 0.677. The van der Waals surface area contributed by atoms with Crippen molar-refractivity contribution in [1.29, 1.82) is 0 Å². The van der Waals surface area contributed by atoms with Crippen LogP contribution in [-0.2, 0) is 54.8 Å². The molecule has 0 saturated carbocycles. The molecule has 10 nitrogen and oxygen atoms in total. The summed E-state index contributed by atoms with van der Waals surface area (Å²) < 4.78 is 135. The number of imidazole rings is 2. The van der Waals surface area contributed by atoms with Gasteiger partial charge in [0.05, 0.1) is 34.6 Å². The lowest BCUT2D eigenvalue weighted by Gasteiger charge is -2.07. The highest BCUT2D eigenvalue weighted by molar-refractivity contribution is 7.88. The van der Waals surface area contributed by atoms with Gasteiger partial charge in [-0.2, -0.15) is 61.4 Å². The molecule has 33 heavy (non-hydrogen) atoms. The van der Waals surface area contributed by atoms with E-state index in [-0.39, 0.29) is 29.2 Å². The molecule has 188 valence electrons. The largest absolute Gasteiger partial charge is 0.534 e. The minimum Gasteiger partial charge on any atom is -0.302 e. The molecule has 0 unspecified atom stereocenters. The van der Waals surface area contributed by atoms with Gasteiger partial charge in [-0.05, 0) is 0 Å². The third kappa shape index (κ3) is 4.62. The van der Waals surface area contributed by atoms with Gasteiger partial charge in [0, 0.05) is 13.8 Å². The van der Waals surface area contributed by atoms with Crippen LogP contribution in [0.1, 0.15) is 22.8 Å². The lowest BCUT2D eigenvalue weighted by Crippen LogP contribution is -2.40. The van der Waals surface area contributed by atoms with E-state index >= 15 is 0 Å². The van der Waals surface area contributed by atoms with Gasteiger partial charge in [0.25, 0.3) is 0 Å². The first-order valence-electron chi connectivity index (χ1n) is 8.74. The van der Waals surface area contributed by atoms with Crippen LogP contribution in [0.15, 0.2) is 0 Å². The number of halogens is 6. The lowest BCUT2D eigenvalue weighted by molar-refractivity contribution is -0.692. The van der Waals surface area contributed by atoms with E-state index in [0.717, 1.165) is 18.3 Å². The van der Waals surface area contributed by atoms with Gasteiger partial charge in [0.2, 0.25) is 0 Å². The summed E-state index contributed by atoms with van der Waals surface area (Å²) >= 11 is 0. The van der Waals surface area contributed by atoms with Gasteiger partial charge in [0.1, 0.15) is 11.4 Å². The van der Waals surface area contributed by atoms with Crippen LogP contribution in [0.4, 0.5) is 26.3 Å². The van der Waals surface area contributed by atoms with Gasteiger partial charge in [-0.25, -0.2) is 0 Å². The first kappa shape index (κ1) is 26.7. The molecular weight excluding hydrogens is 510 g/mol. The summed E-state index contributed by atoms with van der Waals surface area (Å²) in [6, 6.07) is -1.35. The van der Waals surface area contributed by atoms with Crippen LogP contribution in [0.5, 0.6) is 12.0 Å². The fourth-order valence-electron chi connectivity index (χ4n) is 3.01. The van der Waals surface area contributed by atoms with Crippen LogP contribution < -0.4 is 17.5 Å². The molecule has 0 atom stereocenters. The summed E-state index contributed by atoms with van der Waals surface area (Å²) in [6.07, 6.45) is -0.156. The van der Waals surface area contributed by atoms with E-state index in [9.17, 15) is 43.2 Å². The molecule has 0 aliphatic rings. The van der Waals surface area contributed by atoms with Crippen molar-refractivity contribution < 1.29 is 60.7 Å². The normalized spacial score (nSPS) is 13.5. The zero-order valence-corrected chi connectivity index (χ0v) is 19.7. The fraction of sp³-hybridized carbons (Fsp3) is 0.600. The fourth-order valence-corrected chi connectivity index (χ4v) is 4.04. The van der Waals surface area contributed by atoms with Crippen molar-refractivity contribution in [2.45, 2.75) is 31.3 Å². The van der Waals surface area contributed by atoms with E-state index in [4.69, 9.17) is 0 Å². The highest BCUT2D eigenvalue weighted by atomic mass is 32.2. The molecule has 18 heteroatoms. The Morgan fingerprint density at radius 1 is 0.727 bits per heavy atom. The van der Waals surface area contributed by atoms with Crippen LogP contribution in [-0.4, -0.2) is 37.0 Å². The van der Waals surface area contributed by atoms with Crippen LogP contribution in [0.3, 0.4) is 0 Å². The Hall–Kier alpha value is -2.50. The van der Waals surface area contributed by atoms with Crippen LogP contribution in [0, 0.1) is 13.8 Å². The molecule has 2 aromatic rings. The van der Waals surface area contributed by atoms with Crippen LogP contribution >= 0.6 is 0 Å². The Morgan fingerprint density at radius 3 is 1.24 bits per heavy atom. The van der Waals surface area contributed by atoms with Crippen molar-refractivity contribution in [2.24, 2.45) is 28.2 Å². The summed E-state index contributed by atoms with van der Waals surface area (Å²) in [5.41, 5.74) is -10.3. The molecule has 0 aliphatic heterocycles. The summed E-state index contributed by atoms with van der Waals surface area (Å²) in [4.78, 5) is 0. The second kappa shape index (κ2) is 8.07. The van der Waals surface area contributed by atoms with E-state index in [1.807, 2.05) is 0 Å². The zero-order chi connectivity index (χ0) is 25.9. The van der Waals surface area contributed by atoms with Crippen molar-refractivity contribution in [3.8, 4) is 12.0 Å². The highest BCUT2D eigenvalue weighted by Crippen LogP contribution is 2.29. The van der Waals surface area contributed by atoms with Gasteiger partial charge in [0.15, 0.2) is 11.4 Å². The van der Waals surface area contributed by atoms with Crippen LogP contribution in [0.25, 0.3) is 0 Å². The monoisotopic (exact) mass is 530 g/mol. The Bertz CT molecular complexity index is 1210. The molecule has 0 amide bonds. The van der Waals surface area contributed by atoms with E-state index < -0.39 is 43.3 Å². The Morgan fingerprint density at radius 2 is 1.00 bits per heavy atom. The molecule has 2 heterocycles. The maximum atomic E-state index is 12.7. The van der Waals surface area contributed by atoms with Gasteiger partial charge < -0.3 is 8.37 Å². The molecule has 0 aromatic carbocycles. The molecule has 0 spiro atoms. The van der Waals surface area contributed by atoms with Crippen molar-refractivity contribution >= 4 is 20.2 Å². The Labute approximate surface area is 184 Å². The zero-order valence-electron chi connectivity index (χ0n) is 18.0. The molecule has 0 N–H and O–H groups in total. The molecule has 0 fully saturated rings. The van der Waals surface area contributed by atoms with Gasteiger partial charge >= 0.3 is 43.3 Å². The molecule has 0 saturated heterocycles. The smallest absolute Gasteiger partial charge is 0.302 e. The number of aromatic nitrogens is 4. The minimum absolute atomic E-state index is 0.156. The van der Waals surface area contributed by atoms with E-state index in [1.165, 1.54) is 42.0 Å². The second-order valence-corrected chi connectivity index (χ2v) is 10.1. The quantitative estimate of drug-likeness (QED) is 0.236. The molecular formula is C15H20F6N4O6S2+2. The number of alkyl halides is 6. The third-order valence-corrected chi connectivity index (χ3v) is 6.94. The summed E-state index contributed by atoms with van der Waals surface area (Å²) in [6.45, 7) is 2.90. The number of hydrogen-bond acceptors (Lipinski definition) is 6. The SMILES string of the molecule is Cc1c(Cc2c(C)n(C)c(OS(=O)(=O)C(F)(F)F)[n+]2C)[n+](C)c(OS(=O)(=O)C(F)(F)F)n1C. The second-order valence-electron chi connectivity index (χ2n) is 7.01. The first-order chi connectivity index (χ1) is 14.6. The lowest BCUT2D eigenvalue weighted by atomic mass is 10.1. The number of rotatable bonds is 6. The van der Waals surface area contributed by atoms with E-state index in [2.05, 4.69) is 8.37 Å². The maximum Gasteiger partial charge on any atom is 0.534 e. The Kier molecular flexibility index (Phi) is 6.54. The number of hydrogen-bond donors (Lipinski definition) is 0. The van der Waals surface area contributed by atoms with Gasteiger partial charge in [-0.1, -0.05) is 0 Å². The predicted molar refractivity (Wildman–Crippen MR) is 96.7 cm³/mol. The van der Waals surface area contributed by atoms with Crippen molar-refractivity contribution in [3.05, 3.63) is 22.8 Å². The molecule has 2 rings (SSSR count). The van der Waals surface area contributed by atoms with Crippen molar-refractivity contribution in [3.63, 3.8) is 0 Å². The standard InChI is InChI=1S/C15H20F6N4O6S2/c1-8-10(24(5)12(22(8)3)30-32(26,27)14(16,17)18)7-11-9(2)23(4)13(25(11)6)31-33(28,29)15(19,20)21/h7H2,1-6H3/q+2. The minimum atomic E-state index is -5.97. The summed E-state index contributed by atoms with van der Waals surface area (Å²) in [5.74, 6) is 0. The summed E-state index contributed by atoms with van der Waals surface area (Å²) in [7, 11) is -6.98. The highest BCUT2D eigenvalue weighted by Gasteiger charge is 2.52. The molecule has 0 aliphatic carbocycles. The van der Waals surface area contributed by atoms with E-state index in [1.54, 1.807) is 0 Å². The third-order valence-electron chi connectivity index (χ3n) is 5.07. The number of nitrogens with zero attached hydrogens (tertiary/aromatic N) is 4. The molecule has 0 bridgehead atoms. The Balaban J connectivity index is 2.56. The molecule has 0 radical (unpaired) electrons. The van der Waals surface area contributed by atoms with Crippen molar-refractivity contribution in [1.82, 2.24) is 9.13 Å². The maximum absolute atomic E-state index is 12.7. The summed E-state index contributed by atoms with van der Waals surface area (Å²) in [5, 5.41) is 0. The average molecular weight is 530 g/mol. The van der Waals surface area contributed by atoms with Crippen LogP contribution in [0.2, 0.25) is 0 Å². The van der Waals surface area contributed by atoms with Crippen molar-refractivity contribution in [2.75, 3.05) is 0 Å². The molecule has 2 aromatic heterocycles. The first-order valence-corrected chi connectivity index (χ1v) is 11.6. The average Bonchev–Trinajstić information content (AvgIpc) is 2.95.